The molecule has 1 amide bonds. The first-order valence-electron chi connectivity index (χ1n) is 9.89. The summed E-state index contributed by atoms with van der Waals surface area (Å²) >= 11 is 0. The second-order valence-corrected chi connectivity index (χ2v) is 8.93. The molecule has 1 saturated heterocycles. The van der Waals surface area contributed by atoms with Crippen molar-refractivity contribution in [2.24, 2.45) is 0 Å². The quantitative estimate of drug-likeness (QED) is 0.587. The fraction of sp³-hybridized carbons (Fsp3) is 0.600. The molecule has 1 aliphatic rings. The summed E-state index contributed by atoms with van der Waals surface area (Å²) in [4.78, 5) is 26.5. The maximum absolute atomic E-state index is 13.2. The van der Waals surface area contributed by atoms with E-state index in [0.29, 0.717) is 25.2 Å². The van der Waals surface area contributed by atoms with Crippen molar-refractivity contribution in [1.82, 2.24) is 9.21 Å². The van der Waals surface area contributed by atoms with E-state index in [2.05, 4.69) is 0 Å². The maximum atomic E-state index is 13.2. The van der Waals surface area contributed by atoms with Crippen LogP contribution in [-0.4, -0.2) is 75.0 Å². The molecule has 0 saturated carbocycles. The molecule has 0 N–H and O–H groups in total. The number of esters is 1. The summed E-state index contributed by atoms with van der Waals surface area (Å²) < 4.78 is 38.0. The largest absolute Gasteiger partial charge is 0.465 e. The van der Waals surface area contributed by atoms with E-state index in [1.807, 2.05) is 6.92 Å². The lowest BCUT2D eigenvalue weighted by atomic mass is 10.1. The Morgan fingerprint density at radius 1 is 1.21 bits per heavy atom. The molecule has 1 heterocycles. The van der Waals surface area contributed by atoms with Crippen LogP contribution < -0.4 is 0 Å². The Hall–Kier alpha value is -1.97. The predicted molar refractivity (Wildman–Crippen MR) is 108 cm³/mol. The minimum absolute atomic E-state index is 0.132. The van der Waals surface area contributed by atoms with Crippen LogP contribution in [0.3, 0.4) is 0 Å². The van der Waals surface area contributed by atoms with Crippen molar-refractivity contribution >= 4 is 21.9 Å². The number of hydrogen-bond donors (Lipinski definition) is 0. The van der Waals surface area contributed by atoms with Gasteiger partial charge in [-0.1, -0.05) is 13.0 Å². The molecule has 2 rings (SSSR count). The molecule has 0 aromatic heterocycles. The van der Waals surface area contributed by atoms with Crippen molar-refractivity contribution in [1.29, 1.82) is 0 Å². The number of carbonyl (C=O) groups excluding carboxylic acids is 2. The Bertz CT molecular complexity index is 831. The van der Waals surface area contributed by atoms with Gasteiger partial charge in [0, 0.05) is 24.7 Å². The van der Waals surface area contributed by atoms with Gasteiger partial charge in [-0.3, -0.25) is 9.59 Å². The van der Waals surface area contributed by atoms with Crippen molar-refractivity contribution < 1.29 is 27.5 Å². The Morgan fingerprint density at radius 3 is 2.41 bits per heavy atom. The van der Waals surface area contributed by atoms with E-state index in [1.165, 1.54) is 15.3 Å². The molecule has 8 nitrogen and oxygen atoms in total. The third-order valence-corrected chi connectivity index (χ3v) is 6.75. The van der Waals surface area contributed by atoms with Gasteiger partial charge >= 0.3 is 5.97 Å². The smallest absolute Gasteiger partial charge is 0.325 e. The Morgan fingerprint density at radius 2 is 1.86 bits per heavy atom. The number of nitrogens with zero attached hydrogens (tertiary/aromatic N) is 2. The molecule has 1 aromatic carbocycles. The standard InChI is InChI=1S/C20H30N2O6S/c1-5-16-7-8-17(20(24)22(15(3)4)14-19(23)28-6-2)13-18(16)29(25,26)21-9-11-27-12-10-21/h7-8,13,15H,5-6,9-12,14H2,1-4H3. The molecule has 0 radical (unpaired) electrons. The van der Waals surface area contributed by atoms with Crippen molar-refractivity contribution in [3.05, 3.63) is 29.3 Å². The number of aryl methyl sites for hydroxylation is 1. The van der Waals surface area contributed by atoms with Gasteiger partial charge in [-0.05, 0) is 44.9 Å². The lowest BCUT2D eigenvalue weighted by Gasteiger charge is -2.28. The third kappa shape index (κ3) is 5.55. The van der Waals surface area contributed by atoms with Crippen LogP contribution >= 0.6 is 0 Å². The average Bonchev–Trinajstić information content (AvgIpc) is 2.71. The number of rotatable bonds is 8. The van der Waals surface area contributed by atoms with Gasteiger partial charge in [-0.25, -0.2) is 8.42 Å². The first-order valence-corrected chi connectivity index (χ1v) is 11.3. The van der Waals surface area contributed by atoms with Crippen LogP contribution in [0.1, 0.15) is 43.6 Å². The number of benzene rings is 1. The minimum atomic E-state index is -3.75. The molecule has 162 valence electrons. The SMILES string of the molecule is CCOC(=O)CN(C(=O)c1ccc(CC)c(S(=O)(=O)N2CCOCC2)c1)C(C)C. The van der Waals surface area contributed by atoms with E-state index in [9.17, 15) is 18.0 Å². The zero-order valence-electron chi connectivity index (χ0n) is 17.5. The number of morpholine rings is 1. The van der Waals surface area contributed by atoms with E-state index in [4.69, 9.17) is 9.47 Å². The Balaban J connectivity index is 2.39. The van der Waals surface area contributed by atoms with E-state index in [1.54, 1.807) is 32.9 Å². The first-order chi connectivity index (χ1) is 13.7. The lowest BCUT2D eigenvalue weighted by molar-refractivity contribution is -0.144. The van der Waals surface area contributed by atoms with Gasteiger partial charge in [-0.15, -0.1) is 0 Å². The first kappa shape index (κ1) is 23.3. The van der Waals surface area contributed by atoms with Gasteiger partial charge in [0.15, 0.2) is 0 Å². The monoisotopic (exact) mass is 426 g/mol. The summed E-state index contributed by atoms with van der Waals surface area (Å²) in [5.74, 6) is -0.907. The Kier molecular flexibility index (Phi) is 8.18. The van der Waals surface area contributed by atoms with Crippen LogP contribution in [0.25, 0.3) is 0 Å². The van der Waals surface area contributed by atoms with Crippen LogP contribution in [0, 0.1) is 0 Å². The second kappa shape index (κ2) is 10.2. The number of sulfonamides is 1. The van der Waals surface area contributed by atoms with Crippen LogP contribution in [0.2, 0.25) is 0 Å². The third-order valence-electron chi connectivity index (χ3n) is 4.77. The molecular formula is C20H30N2O6S. The molecule has 1 fully saturated rings. The predicted octanol–water partition coefficient (Wildman–Crippen LogP) is 1.68. The van der Waals surface area contributed by atoms with Gasteiger partial charge in [0.2, 0.25) is 10.0 Å². The van der Waals surface area contributed by atoms with E-state index in [0.717, 1.165) is 0 Å². The van der Waals surface area contributed by atoms with Crippen molar-refractivity contribution in [3.8, 4) is 0 Å². The second-order valence-electron chi connectivity index (χ2n) is 7.02. The van der Waals surface area contributed by atoms with E-state index in [-0.39, 0.29) is 42.7 Å². The number of hydrogen-bond acceptors (Lipinski definition) is 6. The van der Waals surface area contributed by atoms with Crippen LogP contribution in [0.5, 0.6) is 0 Å². The number of ether oxygens (including phenoxy) is 2. The molecule has 1 aromatic rings. The van der Waals surface area contributed by atoms with Crippen molar-refractivity contribution in [3.63, 3.8) is 0 Å². The molecule has 0 atom stereocenters. The molecular weight excluding hydrogens is 396 g/mol. The lowest BCUT2D eigenvalue weighted by Crippen LogP contribution is -2.42. The van der Waals surface area contributed by atoms with Gasteiger partial charge in [0.1, 0.15) is 6.54 Å². The number of carbonyl (C=O) groups is 2. The summed E-state index contributed by atoms with van der Waals surface area (Å²) in [6.07, 6.45) is 0.518. The summed E-state index contributed by atoms with van der Waals surface area (Å²) in [5, 5.41) is 0. The van der Waals surface area contributed by atoms with Crippen molar-refractivity contribution in [2.45, 2.75) is 45.1 Å². The summed E-state index contributed by atoms with van der Waals surface area (Å²) in [5.41, 5.74) is 0.876. The highest BCUT2D eigenvalue weighted by Gasteiger charge is 2.30. The zero-order valence-corrected chi connectivity index (χ0v) is 18.3. The molecule has 1 aliphatic heterocycles. The van der Waals surface area contributed by atoms with Gasteiger partial charge in [0.05, 0.1) is 24.7 Å². The maximum Gasteiger partial charge on any atom is 0.325 e. The summed E-state index contributed by atoms with van der Waals surface area (Å²) in [6.45, 7) is 8.46. The van der Waals surface area contributed by atoms with Crippen LogP contribution in [0.15, 0.2) is 23.1 Å². The van der Waals surface area contributed by atoms with Gasteiger partial charge < -0.3 is 14.4 Å². The zero-order chi connectivity index (χ0) is 21.6. The molecule has 0 spiro atoms. The minimum Gasteiger partial charge on any atom is -0.465 e. The van der Waals surface area contributed by atoms with Gasteiger partial charge in [0.25, 0.3) is 5.91 Å². The van der Waals surface area contributed by atoms with Crippen molar-refractivity contribution in [2.75, 3.05) is 39.5 Å². The van der Waals surface area contributed by atoms with E-state index >= 15 is 0 Å². The fourth-order valence-electron chi connectivity index (χ4n) is 3.15. The highest BCUT2D eigenvalue weighted by molar-refractivity contribution is 7.89. The molecule has 0 aliphatic carbocycles. The highest BCUT2D eigenvalue weighted by Crippen LogP contribution is 2.24. The van der Waals surface area contributed by atoms with Gasteiger partial charge in [-0.2, -0.15) is 4.31 Å². The normalized spacial score (nSPS) is 15.3. The highest BCUT2D eigenvalue weighted by atomic mass is 32.2. The molecule has 0 unspecified atom stereocenters. The average molecular weight is 427 g/mol. The number of amides is 1. The molecule has 0 bridgehead atoms. The summed E-state index contributed by atoms with van der Waals surface area (Å²) in [7, 11) is -3.75. The molecule has 9 heteroatoms. The Labute approximate surface area is 172 Å². The van der Waals surface area contributed by atoms with E-state index < -0.39 is 21.9 Å². The summed E-state index contributed by atoms with van der Waals surface area (Å²) in [6, 6.07) is 4.45. The van der Waals surface area contributed by atoms with Crippen LogP contribution in [-0.2, 0) is 30.7 Å². The van der Waals surface area contributed by atoms with Crippen LogP contribution in [0.4, 0.5) is 0 Å². The topological polar surface area (TPSA) is 93.2 Å². The fourth-order valence-corrected chi connectivity index (χ4v) is 4.87. The molecule has 29 heavy (non-hydrogen) atoms.